The first-order valence-corrected chi connectivity index (χ1v) is 9.22. The average molecular weight is 386 g/mol. The third kappa shape index (κ3) is 3.36. The summed E-state index contributed by atoms with van der Waals surface area (Å²) in [6, 6.07) is 16.6. The highest BCUT2D eigenvalue weighted by Gasteiger charge is 2.24. The number of nitriles is 1. The highest BCUT2D eigenvalue weighted by atomic mass is 16.6. The predicted octanol–water partition coefficient (Wildman–Crippen LogP) is 3.69. The third-order valence-corrected chi connectivity index (χ3v) is 5.23. The van der Waals surface area contributed by atoms with E-state index in [1.54, 1.807) is 25.1 Å². The molecule has 0 amide bonds. The van der Waals surface area contributed by atoms with Crippen LogP contribution in [0.5, 0.6) is 0 Å². The number of fused-ring (bicyclic) bond motifs is 1. The van der Waals surface area contributed by atoms with Gasteiger partial charge in [-0.15, -0.1) is 0 Å². The van der Waals surface area contributed by atoms with Crippen LogP contribution in [0.15, 0.2) is 53.3 Å². The van der Waals surface area contributed by atoms with Crippen LogP contribution in [0.1, 0.15) is 22.4 Å². The van der Waals surface area contributed by atoms with Crippen LogP contribution in [0.25, 0.3) is 11.1 Å². The van der Waals surface area contributed by atoms with Crippen molar-refractivity contribution in [2.24, 2.45) is 0 Å². The Bertz CT molecular complexity index is 1220. The zero-order valence-corrected chi connectivity index (χ0v) is 15.8. The van der Waals surface area contributed by atoms with Crippen molar-refractivity contribution >= 4 is 11.4 Å². The lowest BCUT2D eigenvalue weighted by Gasteiger charge is -2.30. The van der Waals surface area contributed by atoms with Crippen molar-refractivity contribution in [3.63, 3.8) is 0 Å². The summed E-state index contributed by atoms with van der Waals surface area (Å²) >= 11 is 0. The van der Waals surface area contributed by atoms with Gasteiger partial charge in [0.15, 0.2) is 0 Å². The smallest absolute Gasteiger partial charge is 0.293 e. The Balaban J connectivity index is 1.80. The Morgan fingerprint density at radius 2 is 1.93 bits per heavy atom. The molecule has 0 aliphatic carbocycles. The van der Waals surface area contributed by atoms with E-state index in [0.717, 1.165) is 12.0 Å². The van der Waals surface area contributed by atoms with Crippen LogP contribution in [-0.4, -0.2) is 16.5 Å². The highest BCUT2D eigenvalue weighted by Crippen LogP contribution is 2.36. The number of nitro groups is 1. The topological polar surface area (TPSA) is 103 Å². The third-order valence-electron chi connectivity index (χ3n) is 5.23. The summed E-state index contributed by atoms with van der Waals surface area (Å²) in [6.45, 7) is 2.99. The van der Waals surface area contributed by atoms with Crippen molar-refractivity contribution < 1.29 is 4.92 Å². The fourth-order valence-corrected chi connectivity index (χ4v) is 3.83. The maximum atomic E-state index is 12.1. The Hall–Kier alpha value is -3.92. The van der Waals surface area contributed by atoms with Crippen molar-refractivity contribution in [3.8, 4) is 17.2 Å². The first kappa shape index (κ1) is 18.4. The Kier molecular flexibility index (Phi) is 4.61. The molecule has 0 spiro atoms. The van der Waals surface area contributed by atoms with E-state index in [2.05, 4.69) is 11.1 Å². The second kappa shape index (κ2) is 7.24. The molecule has 2 heterocycles. The van der Waals surface area contributed by atoms with Crippen molar-refractivity contribution in [1.29, 1.82) is 5.26 Å². The van der Waals surface area contributed by atoms with Gasteiger partial charge in [-0.2, -0.15) is 5.26 Å². The molecule has 144 valence electrons. The number of aryl methyl sites for hydroxylation is 1. The van der Waals surface area contributed by atoms with Crippen molar-refractivity contribution in [2.75, 3.05) is 11.4 Å². The molecule has 1 N–H and O–H groups in total. The van der Waals surface area contributed by atoms with E-state index >= 15 is 0 Å². The Morgan fingerprint density at radius 3 is 2.66 bits per heavy atom. The average Bonchev–Trinajstić information content (AvgIpc) is 2.72. The zero-order valence-electron chi connectivity index (χ0n) is 15.8. The number of pyridine rings is 1. The molecule has 2 aromatic carbocycles. The molecule has 0 bridgehead atoms. The van der Waals surface area contributed by atoms with E-state index in [1.807, 2.05) is 29.2 Å². The summed E-state index contributed by atoms with van der Waals surface area (Å²) in [4.78, 5) is 28.1. The van der Waals surface area contributed by atoms with E-state index in [9.17, 15) is 20.2 Å². The molecule has 0 atom stereocenters. The quantitative estimate of drug-likeness (QED) is 0.546. The van der Waals surface area contributed by atoms with Gasteiger partial charge in [-0.1, -0.05) is 30.3 Å². The van der Waals surface area contributed by atoms with Crippen LogP contribution in [0.4, 0.5) is 11.4 Å². The van der Waals surface area contributed by atoms with Gasteiger partial charge in [-0.3, -0.25) is 14.9 Å². The monoisotopic (exact) mass is 386 g/mol. The maximum absolute atomic E-state index is 12.1. The fourth-order valence-electron chi connectivity index (χ4n) is 3.83. The number of benzene rings is 2. The largest absolute Gasteiger partial charge is 0.361 e. The molecule has 0 fully saturated rings. The Morgan fingerprint density at radius 1 is 1.17 bits per heavy atom. The van der Waals surface area contributed by atoms with Gasteiger partial charge in [0, 0.05) is 30.4 Å². The molecular weight excluding hydrogens is 368 g/mol. The number of nitro benzene ring substituents is 1. The number of aromatic amines is 1. The van der Waals surface area contributed by atoms with Gasteiger partial charge in [0.05, 0.1) is 4.92 Å². The van der Waals surface area contributed by atoms with E-state index in [0.29, 0.717) is 35.6 Å². The van der Waals surface area contributed by atoms with E-state index in [-0.39, 0.29) is 11.3 Å². The molecule has 3 aromatic rings. The number of hydrogen-bond acceptors (Lipinski definition) is 5. The summed E-state index contributed by atoms with van der Waals surface area (Å²) in [7, 11) is 0. The zero-order chi connectivity index (χ0) is 20.5. The van der Waals surface area contributed by atoms with Crippen molar-refractivity contribution in [1.82, 2.24) is 4.98 Å². The van der Waals surface area contributed by atoms with Crippen molar-refractivity contribution in [3.05, 3.63) is 91.4 Å². The first-order chi connectivity index (χ1) is 14.0. The summed E-state index contributed by atoms with van der Waals surface area (Å²) in [5.74, 6) is 0. The molecule has 0 unspecified atom stereocenters. The normalized spacial score (nSPS) is 12.9. The molecule has 29 heavy (non-hydrogen) atoms. The van der Waals surface area contributed by atoms with Crippen LogP contribution < -0.4 is 10.5 Å². The first-order valence-electron chi connectivity index (χ1n) is 9.22. The molecule has 1 aliphatic heterocycles. The minimum atomic E-state index is -0.498. The van der Waals surface area contributed by atoms with Crippen LogP contribution in [0.3, 0.4) is 0 Å². The molecule has 1 aromatic heterocycles. The fraction of sp³-hybridized carbons (Fsp3) is 0.182. The number of H-pyrrole nitrogens is 1. The number of anilines is 1. The van der Waals surface area contributed by atoms with Crippen LogP contribution in [0, 0.1) is 28.4 Å². The lowest BCUT2D eigenvalue weighted by atomic mass is 9.97. The molecule has 7 heteroatoms. The number of hydrogen-bond donors (Lipinski definition) is 1. The van der Waals surface area contributed by atoms with Gasteiger partial charge >= 0.3 is 0 Å². The van der Waals surface area contributed by atoms with Gasteiger partial charge in [0.25, 0.3) is 11.2 Å². The number of aromatic nitrogens is 1. The molecule has 4 rings (SSSR count). The SMILES string of the molecule is Cc1cc(-c2ccc(N3CCc4ccccc4C3)c([N+](=O)[O-])c2)c(C#N)c(=O)[nH]1. The summed E-state index contributed by atoms with van der Waals surface area (Å²) in [5, 5.41) is 21.2. The Labute approximate surface area is 167 Å². The highest BCUT2D eigenvalue weighted by molar-refractivity contribution is 5.77. The van der Waals surface area contributed by atoms with Gasteiger partial charge in [0.1, 0.15) is 17.3 Å². The minimum absolute atomic E-state index is 0.0382. The van der Waals surface area contributed by atoms with Gasteiger partial charge in [0.2, 0.25) is 0 Å². The van der Waals surface area contributed by atoms with Crippen molar-refractivity contribution in [2.45, 2.75) is 19.9 Å². The lowest BCUT2D eigenvalue weighted by Crippen LogP contribution is -2.30. The summed E-state index contributed by atoms with van der Waals surface area (Å²) in [6.07, 6.45) is 0.820. The van der Waals surface area contributed by atoms with Crippen LogP contribution in [-0.2, 0) is 13.0 Å². The molecule has 1 aliphatic rings. The summed E-state index contributed by atoms with van der Waals surface area (Å²) < 4.78 is 0. The molecule has 0 saturated carbocycles. The van der Waals surface area contributed by atoms with E-state index in [1.165, 1.54) is 11.6 Å². The number of nitrogens with one attached hydrogen (secondary N) is 1. The molecule has 0 saturated heterocycles. The second-order valence-electron chi connectivity index (χ2n) is 7.08. The second-order valence-corrected chi connectivity index (χ2v) is 7.08. The van der Waals surface area contributed by atoms with Gasteiger partial charge in [-0.25, -0.2) is 0 Å². The minimum Gasteiger partial charge on any atom is -0.361 e. The van der Waals surface area contributed by atoms with E-state index in [4.69, 9.17) is 0 Å². The van der Waals surface area contributed by atoms with Crippen LogP contribution >= 0.6 is 0 Å². The lowest BCUT2D eigenvalue weighted by molar-refractivity contribution is -0.384. The van der Waals surface area contributed by atoms with Crippen LogP contribution in [0.2, 0.25) is 0 Å². The van der Waals surface area contributed by atoms with E-state index < -0.39 is 10.5 Å². The van der Waals surface area contributed by atoms with Gasteiger partial charge in [-0.05, 0) is 42.2 Å². The molecule has 7 nitrogen and oxygen atoms in total. The number of nitrogens with zero attached hydrogens (tertiary/aromatic N) is 3. The standard InChI is InChI=1S/C22H18N4O3/c1-14-10-18(19(12-23)22(27)24-14)16-6-7-20(21(11-16)26(28)29)25-9-8-15-4-2-3-5-17(15)13-25/h2-7,10-11H,8-9,13H2,1H3,(H,24,27). The summed E-state index contributed by atoms with van der Waals surface area (Å²) in [5.41, 5.74) is 3.83. The maximum Gasteiger partial charge on any atom is 0.293 e. The number of rotatable bonds is 3. The van der Waals surface area contributed by atoms with Gasteiger partial charge < -0.3 is 9.88 Å². The predicted molar refractivity (Wildman–Crippen MR) is 110 cm³/mol. The molecular formula is C22H18N4O3. The molecule has 0 radical (unpaired) electrons.